The van der Waals surface area contributed by atoms with Gasteiger partial charge in [-0.25, -0.2) is 0 Å². The minimum atomic E-state index is 0.451. The molecule has 2 N–H and O–H groups in total. The van der Waals surface area contributed by atoms with Crippen molar-refractivity contribution in [1.29, 1.82) is 0 Å². The maximum atomic E-state index is 3.70. The van der Waals surface area contributed by atoms with Crippen LogP contribution in [0.4, 0.5) is 0 Å². The van der Waals surface area contributed by atoms with E-state index < -0.39 is 0 Å². The summed E-state index contributed by atoms with van der Waals surface area (Å²) in [6.45, 7) is 5.58. The molecule has 0 bridgehead atoms. The van der Waals surface area contributed by atoms with Crippen LogP contribution in [0.1, 0.15) is 36.8 Å². The summed E-state index contributed by atoms with van der Waals surface area (Å²) in [5.41, 5.74) is 3.46. The molecule has 0 aromatic heterocycles. The Labute approximate surface area is 97.4 Å². The molecule has 0 radical (unpaired) electrons. The minimum Gasteiger partial charge on any atom is -0.312 e. The molecule has 1 aliphatic carbocycles. The van der Waals surface area contributed by atoms with E-state index in [0.29, 0.717) is 11.5 Å². The van der Waals surface area contributed by atoms with Crippen molar-refractivity contribution >= 4 is 0 Å². The van der Waals surface area contributed by atoms with E-state index in [2.05, 4.69) is 41.8 Å². The second-order valence-electron chi connectivity index (χ2n) is 5.47. The lowest BCUT2D eigenvalue weighted by atomic mass is 9.90. The van der Waals surface area contributed by atoms with E-state index in [1.807, 2.05) is 0 Å². The van der Waals surface area contributed by atoms with Crippen LogP contribution in [0.15, 0.2) is 24.3 Å². The molecule has 0 amide bonds. The summed E-state index contributed by atoms with van der Waals surface area (Å²) in [5, 5.41) is 7.21. The quantitative estimate of drug-likeness (QED) is 0.807. The van der Waals surface area contributed by atoms with Crippen molar-refractivity contribution in [3.8, 4) is 0 Å². The van der Waals surface area contributed by atoms with Crippen LogP contribution < -0.4 is 10.6 Å². The van der Waals surface area contributed by atoms with Crippen LogP contribution >= 0.6 is 0 Å². The third kappa shape index (κ3) is 2.00. The zero-order valence-corrected chi connectivity index (χ0v) is 9.92. The Kier molecular flexibility index (Phi) is 2.49. The number of benzene rings is 1. The third-order valence-electron chi connectivity index (χ3n) is 3.98. The topological polar surface area (TPSA) is 24.1 Å². The van der Waals surface area contributed by atoms with E-state index in [9.17, 15) is 0 Å². The fourth-order valence-corrected chi connectivity index (χ4v) is 2.50. The maximum absolute atomic E-state index is 3.70. The van der Waals surface area contributed by atoms with Gasteiger partial charge >= 0.3 is 0 Å². The van der Waals surface area contributed by atoms with Crippen LogP contribution in [0.2, 0.25) is 0 Å². The Morgan fingerprint density at radius 2 is 2.19 bits per heavy atom. The molecule has 1 aliphatic heterocycles. The van der Waals surface area contributed by atoms with Gasteiger partial charge in [0.15, 0.2) is 0 Å². The summed E-state index contributed by atoms with van der Waals surface area (Å²) in [5.74, 6) is 0.641. The van der Waals surface area contributed by atoms with Crippen molar-refractivity contribution in [2.45, 2.75) is 37.8 Å². The number of rotatable bonds is 3. The molecule has 86 valence electrons. The summed E-state index contributed by atoms with van der Waals surface area (Å²) >= 11 is 0. The Morgan fingerprint density at radius 1 is 1.38 bits per heavy atom. The van der Waals surface area contributed by atoms with Gasteiger partial charge < -0.3 is 10.6 Å². The van der Waals surface area contributed by atoms with Crippen molar-refractivity contribution in [2.75, 3.05) is 13.1 Å². The molecule has 0 spiro atoms. The smallest absolute Gasteiger partial charge is 0.0208 e. The highest BCUT2D eigenvalue weighted by Gasteiger charge is 2.37. The highest BCUT2D eigenvalue weighted by Crippen LogP contribution is 2.35. The minimum absolute atomic E-state index is 0.451. The van der Waals surface area contributed by atoms with Gasteiger partial charge in [-0.3, -0.25) is 0 Å². The van der Waals surface area contributed by atoms with Gasteiger partial charge in [0.05, 0.1) is 0 Å². The van der Waals surface area contributed by atoms with E-state index in [1.165, 1.54) is 24.0 Å². The van der Waals surface area contributed by atoms with Crippen LogP contribution in [0.5, 0.6) is 0 Å². The molecule has 1 saturated carbocycles. The molecular formula is C14H20N2. The van der Waals surface area contributed by atoms with Gasteiger partial charge in [-0.15, -0.1) is 0 Å². The van der Waals surface area contributed by atoms with E-state index in [0.717, 1.165) is 19.6 Å². The molecule has 1 atom stereocenters. The van der Waals surface area contributed by atoms with E-state index in [-0.39, 0.29) is 0 Å². The van der Waals surface area contributed by atoms with Crippen LogP contribution in [0.3, 0.4) is 0 Å². The van der Waals surface area contributed by atoms with Gasteiger partial charge in [0.2, 0.25) is 0 Å². The molecule has 2 nitrogen and oxygen atoms in total. The first kappa shape index (κ1) is 10.3. The van der Waals surface area contributed by atoms with Crippen LogP contribution in [0.25, 0.3) is 0 Å². The van der Waals surface area contributed by atoms with Crippen LogP contribution in [-0.4, -0.2) is 18.6 Å². The summed E-state index contributed by atoms with van der Waals surface area (Å²) in [6, 6.07) is 8.83. The summed E-state index contributed by atoms with van der Waals surface area (Å²) in [6.07, 6.45) is 2.68. The van der Waals surface area contributed by atoms with Crippen molar-refractivity contribution in [3.63, 3.8) is 0 Å². The van der Waals surface area contributed by atoms with E-state index in [4.69, 9.17) is 0 Å². The monoisotopic (exact) mass is 216 g/mol. The first-order valence-corrected chi connectivity index (χ1v) is 6.30. The maximum Gasteiger partial charge on any atom is 0.0208 e. The lowest BCUT2D eigenvalue weighted by Gasteiger charge is -2.27. The fourth-order valence-electron chi connectivity index (χ4n) is 2.50. The summed E-state index contributed by atoms with van der Waals surface area (Å²) in [4.78, 5) is 0. The van der Waals surface area contributed by atoms with Crippen molar-refractivity contribution < 1.29 is 0 Å². The Hall–Kier alpha value is -0.860. The molecule has 2 aliphatic rings. The molecule has 3 rings (SSSR count). The lowest BCUT2D eigenvalue weighted by Crippen LogP contribution is -2.38. The average molecular weight is 216 g/mol. The first-order valence-electron chi connectivity index (χ1n) is 6.30. The highest BCUT2D eigenvalue weighted by molar-refractivity contribution is 5.33. The van der Waals surface area contributed by atoms with Crippen molar-refractivity contribution in [3.05, 3.63) is 35.4 Å². The van der Waals surface area contributed by atoms with Gasteiger partial charge in [0, 0.05) is 31.1 Å². The Bertz CT molecular complexity index is 382. The number of hydrogen-bond donors (Lipinski definition) is 2. The molecule has 1 unspecified atom stereocenters. The van der Waals surface area contributed by atoms with Crippen molar-refractivity contribution in [2.24, 2.45) is 0 Å². The van der Waals surface area contributed by atoms with E-state index in [1.54, 1.807) is 0 Å². The summed E-state index contributed by atoms with van der Waals surface area (Å²) in [7, 11) is 0. The largest absolute Gasteiger partial charge is 0.312 e. The predicted octanol–water partition coefficient (Wildman–Crippen LogP) is 2.02. The number of fused-ring (bicyclic) bond motifs is 1. The van der Waals surface area contributed by atoms with Gasteiger partial charge in [0.25, 0.3) is 0 Å². The lowest BCUT2D eigenvalue weighted by molar-refractivity contribution is 0.457. The van der Waals surface area contributed by atoms with Gasteiger partial charge in [-0.2, -0.15) is 0 Å². The molecule has 0 saturated heterocycles. The second kappa shape index (κ2) is 3.86. The molecule has 1 fully saturated rings. The van der Waals surface area contributed by atoms with Crippen LogP contribution in [-0.2, 0) is 6.54 Å². The van der Waals surface area contributed by atoms with Crippen LogP contribution in [0, 0.1) is 0 Å². The average Bonchev–Trinajstić information content (AvgIpc) is 3.05. The molecule has 1 aromatic rings. The SMILES string of the molecule is CC1(NCC2CNCc3ccccc32)CC1. The second-order valence-corrected chi connectivity index (χ2v) is 5.47. The molecule has 1 aromatic carbocycles. The zero-order valence-electron chi connectivity index (χ0n) is 9.92. The molecule has 1 heterocycles. The highest BCUT2D eigenvalue weighted by atomic mass is 15.0. The van der Waals surface area contributed by atoms with E-state index >= 15 is 0 Å². The molecule has 2 heteroatoms. The first-order chi connectivity index (χ1) is 7.77. The Morgan fingerprint density at radius 3 is 3.00 bits per heavy atom. The van der Waals surface area contributed by atoms with Gasteiger partial charge in [0.1, 0.15) is 0 Å². The van der Waals surface area contributed by atoms with Gasteiger partial charge in [-0.05, 0) is 30.9 Å². The molecule has 16 heavy (non-hydrogen) atoms. The number of hydrogen-bond acceptors (Lipinski definition) is 2. The predicted molar refractivity (Wildman–Crippen MR) is 66.5 cm³/mol. The standard InChI is InChI=1S/C14H20N2/c1-14(6-7-14)16-10-12-9-15-8-11-4-2-3-5-13(11)12/h2-5,12,15-16H,6-10H2,1H3. The summed E-state index contributed by atoms with van der Waals surface area (Å²) < 4.78 is 0. The normalized spacial score (nSPS) is 26.2. The number of nitrogens with one attached hydrogen (secondary N) is 2. The fraction of sp³-hybridized carbons (Fsp3) is 0.571. The third-order valence-corrected chi connectivity index (χ3v) is 3.98. The van der Waals surface area contributed by atoms with Crippen molar-refractivity contribution in [1.82, 2.24) is 10.6 Å². The Balaban J connectivity index is 1.71. The molecular weight excluding hydrogens is 196 g/mol. The zero-order chi connectivity index (χ0) is 11.0. The van der Waals surface area contributed by atoms with Gasteiger partial charge in [-0.1, -0.05) is 24.3 Å².